The van der Waals surface area contributed by atoms with Crippen molar-refractivity contribution >= 4 is 11.8 Å². The summed E-state index contributed by atoms with van der Waals surface area (Å²) in [4.78, 5) is 18.8. The van der Waals surface area contributed by atoms with Crippen LogP contribution in [-0.2, 0) is 12.4 Å². The Labute approximate surface area is 142 Å². The molecule has 122 valence electrons. The van der Waals surface area contributed by atoms with Crippen molar-refractivity contribution in [1.82, 2.24) is 9.97 Å². The zero-order chi connectivity index (χ0) is 16.8. The number of aromatic nitrogens is 2. The number of aromatic amines is 1. The van der Waals surface area contributed by atoms with Crippen molar-refractivity contribution in [3.8, 4) is 5.75 Å². The summed E-state index contributed by atoms with van der Waals surface area (Å²) < 4.78 is 18.5. The largest absolute Gasteiger partial charge is 0.487 e. The molecular weight excluding hydrogens is 327 g/mol. The van der Waals surface area contributed by atoms with Crippen LogP contribution in [0.1, 0.15) is 11.3 Å². The van der Waals surface area contributed by atoms with Crippen LogP contribution in [-0.4, -0.2) is 9.97 Å². The highest BCUT2D eigenvalue weighted by molar-refractivity contribution is 7.98. The maximum Gasteiger partial charge on any atom is 0.251 e. The smallest absolute Gasteiger partial charge is 0.251 e. The minimum atomic E-state index is -0.268. The molecule has 3 rings (SSSR count). The molecule has 0 atom stereocenters. The van der Waals surface area contributed by atoms with Crippen LogP contribution in [0.2, 0.25) is 0 Å². The molecular formula is C18H15FN2O2S. The first-order valence-corrected chi connectivity index (χ1v) is 8.33. The maximum atomic E-state index is 12.9. The number of halogens is 1. The van der Waals surface area contributed by atoms with Crippen LogP contribution in [0.25, 0.3) is 0 Å². The average molecular weight is 342 g/mol. The molecule has 3 aromatic rings. The lowest BCUT2D eigenvalue weighted by Gasteiger charge is -2.07. The topological polar surface area (TPSA) is 55.0 Å². The van der Waals surface area contributed by atoms with Gasteiger partial charge in [-0.05, 0) is 29.8 Å². The van der Waals surface area contributed by atoms with E-state index in [1.807, 2.05) is 30.3 Å². The SMILES string of the molecule is O=c1cc(COc2ccccc2)nc(SCc2ccc(F)cc2)[nH]1. The van der Waals surface area contributed by atoms with Gasteiger partial charge in [0.25, 0.3) is 5.56 Å². The van der Waals surface area contributed by atoms with Gasteiger partial charge in [0.05, 0.1) is 5.69 Å². The minimum Gasteiger partial charge on any atom is -0.487 e. The standard InChI is InChI=1S/C18H15FN2O2S/c19-14-8-6-13(7-9-14)12-24-18-20-15(10-17(22)21-18)11-23-16-4-2-1-3-5-16/h1-10H,11-12H2,(H,20,21,22). The number of ether oxygens (including phenoxy) is 1. The molecule has 1 aromatic heterocycles. The van der Waals surface area contributed by atoms with Crippen molar-refractivity contribution in [1.29, 1.82) is 0 Å². The van der Waals surface area contributed by atoms with Gasteiger partial charge in [-0.3, -0.25) is 4.79 Å². The second kappa shape index (κ2) is 7.79. The number of H-pyrrole nitrogens is 1. The molecule has 24 heavy (non-hydrogen) atoms. The number of nitrogens with one attached hydrogen (secondary N) is 1. The molecule has 1 heterocycles. The Morgan fingerprint density at radius 2 is 1.83 bits per heavy atom. The first kappa shape index (κ1) is 16.3. The van der Waals surface area contributed by atoms with Gasteiger partial charge in [-0.1, -0.05) is 42.1 Å². The summed E-state index contributed by atoms with van der Waals surface area (Å²) in [7, 11) is 0. The molecule has 6 heteroatoms. The molecule has 0 unspecified atom stereocenters. The molecule has 4 nitrogen and oxygen atoms in total. The van der Waals surface area contributed by atoms with E-state index in [0.29, 0.717) is 16.6 Å². The summed E-state index contributed by atoms with van der Waals surface area (Å²) >= 11 is 1.38. The Hall–Kier alpha value is -2.60. The van der Waals surface area contributed by atoms with E-state index < -0.39 is 0 Å². The predicted octanol–water partition coefficient (Wildman–Crippen LogP) is 3.78. The van der Waals surface area contributed by atoms with Crippen molar-refractivity contribution in [2.45, 2.75) is 17.5 Å². The minimum absolute atomic E-state index is 0.220. The van der Waals surface area contributed by atoms with E-state index in [2.05, 4.69) is 9.97 Å². The van der Waals surface area contributed by atoms with Crippen molar-refractivity contribution in [3.05, 3.63) is 88.1 Å². The fourth-order valence-electron chi connectivity index (χ4n) is 2.03. The number of para-hydroxylation sites is 1. The predicted molar refractivity (Wildman–Crippen MR) is 91.6 cm³/mol. The van der Waals surface area contributed by atoms with Crippen LogP contribution in [0, 0.1) is 5.82 Å². The number of hydrogen-bond acceptors (Lipinski definition) is 4. The third-order valence-electron chi connectivity index (χ3n) is 3.19. The highest BCUT2D eigenvalue weighted by atomic mass is 32.2. The van der Waals surface area contributed by atoms with E-state index in [1.165, 1.54) is 30.0 Å². The van der Waals surface area contributed by atoms with Crippen molar-refractivity contribution in [2.24, 2.45) is 0 Å². The lowest BCUT2D eigenvalue weighted by Crippen LogP contribution is -2.11. The third kappa shape index (κ3) is 4.70. The Kier molecular flexibility index (Phi) is 5.28. The van der Waals surface area contributed by atoms with E-state index >= 15 is 0 Å². The molecule has 0 amide bonds. The fraction of sp³-hybridized carbons (Fsp3) is 0.111. The van der Waals surface area contributed by atoms with Crippen LogP contribution in [0.3, 0.4) is 0 Å². The van der Waals surface area contributed by atoms with Crippen LogP contribution < -0.4 is 10.3 Å². The first-order chi connectivity index (χ1) is 11.7. The van der Waals surface area contributed by atoms with Gasteiger partial charge in [0.15, 0.2) is 5.16 Å². The summed E-state index contributed by atoms with van der Waals surface area (Å²) in [5.74, 6) is 1.04. The quantitative estimate of drug-likeness (QED) is 0.547. The van der Waals surface area contributed by atoms with E-state index in [4.69, 9.17) is 4.74 Å². The van der Waals surface area contributed by atoms with Crippen molar-refractivity contribution in [3.63, 3.8) is 0 Å². The fourth-order valence-corrected chi connectivity index (χ4v) is 2.88. The van der Waals surface area contributed by atoms with E-state index in [9.17, 15) is 9.18 Å². The molecule has 0 aliphatic carbocycles. The molecule has 0 fully saturated rings. The first-order valence-electron chi connectivity index (χ1n) is 7.34. The molecule has 0 saturated carbocycles. The molecule has 0 bridgehead atoms. The Bertz CT molecular complexity index is 851. The summed E-state index contributed by atoms with van der Waals surface area (Å²) in [5.41, 5.74) is 1.29. The van der Waals surface area contributed by atoms with Crippen molar-refractivity contribution in [2.75, 3.05) is 0 Å². The van der Waals surface area contributed by atoms with Crippen LogP contribution in [0.5, 0.6) is 5.75 Å². The number of benzene rings is 2. The summed E-state index contributed by atoms with van der Waals surface area (Å²) in [5, 5.41) is 0.512. The maximum absolute atomic E-state index is 12.9. The molecule has 1 N–H and O–H groups in total. The molecule has 0 aliphatic heterocycles. The monoisotopic (exact) mass is 342 g/mol. The summed E-state index contributed by atoms with van der Waals surface area (Å²) in [6.07, 6.45) is 0. The molecule has 0 saturated heterocycles. The van der Waals surface area contributed by atoms with Crippen molar-refractivity contribution < 1.29 is 9.13 Å². The van der Waals surface area contributed by atoms with Crippen LogP contribution in [0.15, 0.2) is 70.6 Å². The van der Waals surface area contributed by atoms with Gasteiger partial charge in [0, 0.05) is 11.8 Å². The average Bonchev–Trinajstić information content (AvgIpc) is 2.60. The second-order valence-electron chi connectivity index (χ2n) is 5.06. The molecule has 0 spiro atoms. The van der Waals surface area contributed by atoms with Gasteiger partial charge in [-0.25, -0.2) is 9.37 Å². The highest BCUT2D eigenvalue weighted by Gasteiger charge is 2.04. The van der Waals surface area contributed by atoms with E-state index in [-0.39, 0.29) is 18.0 Å². The Morgan fingerprint density at radius 1 is 1.08 bits per heavy atom. The van der Waals surface area contributed by atoms with Gasteiger partial charge in [0.2, 0.25) is 0 Å². The van der Waals surface area contributed by atoms with Crippen LogP contribution >= 0.6 is 11.8 Å². The number of nitrogens with zero attached hydrogens (tertiary/aromatic N) is 1. The molecule has 0 aliphatic rings. The number of hydrogen-bond donors (Lipinski definition) is 1. The zero-order valence-electron chi connectivity index (χ0n) is 12.7. The highest BCUT2D eigenvalue weighted by Crippen LogP contribution is 2.19. The molecule has 2 aromatic carbocycles. The van der Waals surface area contributed by atoms with E-state index in [1.54, 1.807) is 12.1 Å². The lowest BCUT2D eigenvalue weighted by atomic mass is 10.2. The third-order valence-corrected chi connectivity index (χ3v) is 4.14. The van der Waals surface area contributed by atoms with E-state index in [0.717, 1.165) is 11.3 Å². The second-order valence-corrected chi connectivity index (χ2v) is 6.02. The van der Waals surface area contributed by atoms with Crippen LogP contribution in [0.4, 0.5) is 4.39 Å². The lowest BCUT2D eigenvalue weighted by molar-refractivity contribution is 0.299. The Balaban J connectivity index is 1.65. The summed E-state index contributed by atoms with van der Waals surface area (Å²) in [6, 6.07) is 17.0. The Morgan fingerprint density at radius 3 is 2.58 bits per heavy atom. The number of thioether (sulfide) groups is 1. The molecule has 0 radical (unpaired) electrons. The van der Waals surface area contributed by atoms with Gasteiger partial charge in [-0.2, -0.15) is 0 Å². The normalized spacial score (nSPS) is 10.5. The van der Waals surface area contributed by atoms with Gasteiger partial charge in [0.1, 0.15) is 18.2 Å². The van der Waals surface area contributed by atoms with Gasteiger partial charge in [-0.15, -0.1) is 0 Å². The number of rotatable bonds is 6. The zero-order valence-corrected chi connectivity index (χ0v) is 13.6. The summed E-state index contributed by atoms with van der Waals surface area (Å²) in [6.45, 7) is 0.220. The van der Waals surface area contributed by atoms with Gasteiger partial charge < -0.3 is 9.72 Å². The van der Waals surface area contributed by atoms with Gasteiger partial charge >= 0.3 is 0 Å².